The Morgan fingerprint density at radius 1 is 1.25 bits per heavy atom. The summed E-state index contributed by atoms with van der Waals surface area (Å²) in [5.41, 5.74) is 3.50. The summed E-state index contributed by atoms with van der Waals surface area (Å²) in [6, 6.07) is 8.28. The summed E-state index contributed by atoms with van der Waals surface area (Å²) in [6.45, 7) is 1.64. The van der Waals surface area contributed by atoms with Crippen LogP contribution in [0.3, 0.4) is 0 Å². The fourth-order valence-electron chi connectivity index (χ4n) is 3.13. The molecular weight excluding hydrogens is 250 g/mol. The van der Waals surface area contributed by atoms with E-state index in [2.05, 4.69) is 12.1 Å². The normalized spacial score (nSPS) is 25.8. The molecule has 2 aliphatic rings. The van der Waals surface area contributed by atoms with Crippen molar-refractivity contribution >= 4 is 0 Å². The second kappa shape index (κ2) is 6.39. The smallest absolute Gasteiger partial charge is 0.157 e. The minimum Gasteiger partial charge on any atom is -0.353 e. The molecule has 1 aliphatic carbocycles. The van der Waals surface area contributed by atoms with E-state index < -0.39 is 0 Å². The van der Waals surface area contributed by atoms with Gasteiger partial charge in [0.25, 0.3) is 0 Å². The maximum Gasteiger partial charge on any atom is 0.157 e. The molecule has 3 heteroatoms. The molecule has 0 N–H and O–H groups in total. The van der Waals surface area contributed by atoms with E-state index in [4.69, 9.17) is 14.7 Å². The zero-order valence-corrected chi connectivity index (χ0v) is 11.8. The highest BCUT2D eigenvalue weighted by Gasteiger charge is 2.21. The molecule has 1 aromatic rings. The molecule has 0 radical (unpaired) electrons. The number of aryl methyl sites for hydroxylation is 1. The molecule has 0 saturated carbocycles. The maximum absolute atomic E-state index is 8.94. The van der Waals surface area contributed by atoms with Crippen LogP contribution in [-0.2, 0) is 22.3 Å². The van der Waals surface area contributed by atoms with Gasteiger partial charge in [0.2, 0.25) is 0 Å². The second-order valence-electron chi connectivity index (χ2n) is 5.83. The van der Waals surface area contributed by atoms with Crippen LogP contribution in [0.25, 0.3) is 0 Å². The van der Waals surface area contributed by atoms with Crippen molar-refractivity contribution in [2.45, 2.75) is 44.8 Å². The van der Waals surface area contributed by atoms with E-state index in [9.17, 15) is 0 Å². The summed E-state index contributed by atoms with van der Waals surface area (Å²) in [5, 5.41) is 8.94. The van der Waals surface area contributed by atoms with Gasteiger partial charge in [0, 0.05) is 6.61 Å². The standard InChI is InChI=1S/C17H21NO2/c18-11-13-4-6-16-10-14(5-7-15(16)9-13)12-20-17-3-1-2-8-19-17/h4,6,9,14,17H,1-3,5,7-8,10,12H2. The summed E-state index contributed by atoms with van der Waals surface area (Å²) in [6.07, 6.45) is 6.71. The molecule has 3 rings (SSSR count). The van der Waals surface area contributed by atoms with Crippen LogP contribution in [-0.4, -0.2) is 19.5 Å². The van der Waals surface area contributed by atoms with E-state index >= 15 is 0 Å². The SMILES string of the molecule is N#Cc1ccc2c(c1)CCC(COC1CCCCO1)C2. The molecule has 1 aromatic carbocycles. The van der Waals surface area contributed by atoms with Crippen LogP contribution in [0.5, 0.6) is 0 Å². The van der Waals surface area contributed by atoms with E-state index in [-0.39, 0.29) is 6.29 Å². The lowest BCUT2D eigenvalue weighted by Gasteiger charge is -2.28. The van der Waals surface area contributed by atoms with Gasteiger partial charge in [-0.1, -0.05) is 6.07 Å². The van der Waals surface area contributed by atoms with E-state index in [0.29, 0.717) is 5.92 Å². The zero-order chi connectivity index (χ0) is 13.8. The highest BCUT2D eigenvalue weighted by atomic mass is 16.7. The van der Waals surface area contributed by atoms with Gasteiger partial charge in [-0.15, -0.1) is 0 Å². The first kappa shape index (κ1) is 13.6. The molecule has 106 valence electrons. The van der Waals surface area contributed by atoms with Crippen molar-refractivity contribution in [3.8, 4) is 6.07 Å². The Bertz CT molecular complexity index is 500. The van der Waals surface area contributed by atoms with Crippen molar-refractivity contribution in [1.29, 1.82) is 5.26 Å². The molecule has 3 nitrogen and oxygen atoms in total. The van der Waals surface area contributed by atoms with Crippen molar-refractivity contribution in [3.63, 3.8) is 0 Å². The van der Waals surface area contributed by atoms with Crippen molar-refractivity contribution in [3.05, 3.63) is 34.9 Å². The third-order valence-electron chi connectivity index (χ3n) is 4.32. The molecule has 0 spiro atoms. The third kappa shape index (κ3) is 3.20. The van der Waals surface area contributed by atoms with Gasteiger partial charge < -0.3 is 9.47 Å². The summed E-state index contributed by atoms with van der Waals surface area (Å²) in [7, 11) is 0. The van der Waals surface area contributed by atoms with E-state index in [1.807, 2.05) is 12.1 Å². The fourth-order valence-corrected chi connectivity index (χ4v) is 3.13. The van der Waals surface area contributed by atoms with Crippen LogP contribution in [0, 0.1) is 17.2 Å². The Morgan fingerprint density at radius 3 is 3.00 bits per heavy atom. The van der Waals surface area contributed by atoms with Gasteiger partial charge in [0.05, 0.1) is 18.2 Å². The zero-order valence-electron chi connectivity index (χ0n) is 11.8. The Kier molecular flexibility index (Phi) is 4.34. The van der Waals surface area contributed by atoms with Gasteiger partial charge in [-0.3, -0.25) is 0 Å². The van der Waals surface area contributed by atoms with Crippen LogP contribution < -0.4 is 0 Å². The van der Waals surface area contributed by atoms with Gasteiger partial charge >= 0.3 is 0 Å². The van der Waals surface area contributed by atoms with Gasteiger partial charge in [0.1, 0.15) is 0 Å². The van der Waals surface area contributed by atoms with E-state index in [1.165, 1.54) is 17.5 Å². The number of nitrogens with zero attached hydrogens (tertiary/aromatic N) is 1. The molecule has 1 fully saturated rings. The Labute approximate surface area is 120 Å². The Hall–Kier alpha value is -1.37. The molecule has 0 aromatic heterocycles. The summed E-state index contributed by atoms with van der Waals surface area (Å²) >= 11 is 0. The lowest BCUT2D eigenvalue weighted by molar-refractivity contribution is -0.169. The van der Waals surface area contributed by atoms with Crippen LogP contribution in [0.1, 0.15) is 42.4 Å². The molecule has 0 bridgehead atoms. The summed E-state index contributed by atoms with van der Waals surface area (Å²) < 4.78 is 11.5. The number of hydrogen-bond donors (Lipinski definition) is 0. The van der Waals surface area contributed by atoms with Gasteiger partial charge in [0.15, 0.2) is 6.29 Å². The predicted molar refractivity (Wildman–Crippen MR) is 76.2 cm³/mol. The number of fused-ring (bicyclic) bond motifs is 1. The molecule has 1 aliphatic heterocycles. The van der Waals surface area contributed by atoms with Gasteiger partial charge in [-0.2, -0.15) is 5.26 Å². The molecule has 2 unspecified atom stereocenters. The first-order valence-electron chi connectivity index (χ1n) is 7.60. The van der Waals surface area contributed by atoms with E-state index in [0.717, 1.165) is 50.9 Å². The topological polar surface area (TPSA) is 42.2 Å². The molecule has 0 amide bonds. The van der Waals surface area contributed by atoms with Crippen molar-refractivity contribution in [1.82, 2.24) is 0 Å². The maximum atomic E-state index is 8.94. The molecule has 1 saturated heterocycles. The van der Waals surface area contributed by atoms with Crippen LogP contribution in [0.15, 0.2) is 18.2 Å². The highest BCUT2D eigenvalue weighted by molar-refractivity contribution is 5.39. The first-order chi connectivity index (χ1) is 9.85. The lowest BCUT2D eigenvalue weighted by Crippen LogP contribution is -2.27. The molecule has 2 atom stereocenters. The average Bonchev–Trinajstić information content (AvgIpc) is 2.53. The molecule has 20 heavy (non-hydrogen) atoms. The summed E-state index contributed by atoms with van der Waals surface area (Å²) in [5.74, 6) is 0.584. The number of ether oxygens (including phenoxy) is 2. The Morgan fingerprint density at radius 2 is 2.20 bits per heavy atom. The van der Waals surface area contributed by atoms with Crippen molar-refractivity contribution in [2.24, 2.45) is 5.92 Å². The van der Waals surface area contributed by atoms with Crippen LogP contribution in [0.4, 0.5) is 0 Å². The van der Waals surface area contributed by atoms with E-state index in [1.54, 1.807) is 0 Å². The minimum absolute atomic E-state index is 0.0195. The average molecular weight is 271 g/mol. The predicted octanol–water partition coefficient (Wildman–Crippen LogP) is 3.21. The van der Waals surface area contributed by atoms with Crippen LogP contribution >= 0.6 is 0 Å². The van der Waals surface area contributed by atoms with Crippen molar-refractivity contribution < 1.29 is 9.47 Å². The van der Waals surface area contributed by atoms with Crippen molar-refractivity contribution in [2.75, 3.05) is 13.2 Å². The molecule has 1 heterocycles. The number of rotatable bonds is 3. The largest absolute Gasteiger partial charge is 0.353 e. The molecular formula is C17H21NO2. The fraction of sp³-hybridized carbons (Fsp3) is 0.588. The first-order valence-corrected chi connectivity index (χ1v) is 7.60. The van der Waals surface area contributed by atoms with Gasteiger partial charge in [-0.05, 0) is 67.7 Å². The quantitative estimate of drug-likeness (QED) is 0.847. The number of hydrogen-bond acceptors (Lipinski definition) is 3. The lowest BCUT2D eigenvalue weighted by atomic mass is 9.83. The summed E-state index contributed by atoms with van der Waals surface area (Å²) in [4.78, 5) is 0. The Balaban J connectivity index is 1.54. The minimum atomic E-state index is 0.0195. The van der Waals surface area contributed by atoms with Crippen LogP contribution in [0.2, 0.25) is 0 Å². The number of nitriles is 1. The van der Waals surface area contributed by atoms with Gasteiger partial charge in [-0.25, -0.2) is 0 Å². The third-order valence-corrected chi connectivity index (χ3v) is 4.32. The second-order valence-corrected chi connectivity index (χ2v) is 5.83. The monoisotopic (exact) mass is 271 g/mol. The highest BCUT2D eigenvalue weighted by Crippen LogP contribution is 2.27. The number of benzene rings is 1.